The fourth-order valence-electron chi connectivity index (χ4n) is 2.71. The van der Waals surface area contributed by atoms with Crippen molar-refractivity contribution in [2.75, 3.05) is 18.4 Å². The van der Waals surface area contributed by atoms with Crippen molar-refractivity contribution in [2.45, 2.75) is 13.8 Å². The molecule has 138 valence electrons. The zero-order chi connectivity index (χ0) is 19.2. The molecule has 1 N–H and O–H groups in total. The van der Waals surface area contributed by atoms with E-state index in [-0.39, 0.29) is 5.91 Å². The van der Waals surface area contributed by atoms with E-state index in [1.807, 2.05) is 62.4 Å². The lowest BCUT2D eigenvalue weighted by Crippen LogP contribution is -2.31. The number of carbonyl (C=O) groups is 1. The molecule has 5 nitrogen and oxygen atoms in total. The van der Waals surface area contributed by atoms with Gasteiger partial charge < -0.3 is 10.2 Å². The van der Waals surface area contributed by atoms with Crippen molar-refractivity contribution in [2.24, 2.45) is 0 Å². The maximum absolute atomic E-state index is 12.8. The molecular weight excluding hydrogens is 360 g/mol. The van der Waals surface area contributed by atoms with E-state index in [1.165, 1.54) is 0 Å². The molecule has 0 spiro atoms. The average Bonchev–Trinajstić information content (AvgIpc) is 2.71. The lowest BCUT2D eigenvalue weighted by atomic mass is 10.2. The van der Waals surface area contributed by atoms with Crippen molar-refractivity contribution in [3.05, 3.63) is 71.4 Å². The molecule has 3 rings (SSSR count). The minimum absolute atomic E-state index is 0.123. The summed E-state index contributed by atoms with van der Waals surface area (Å²) in [4.78, 5) is 23.7. The second-order valence-corrected chi connectivity index (χ2v) is 6.32. The molecule has 0 bridgehead atoms. The van der Waals surface area contributed by atoms with Gasteiger partial charge in [-0.25, -0.2) is 9.97 Å². The summed E-state index contributed by atoms with van der Waals surface area (Å²) in [5, 5.41) is 3.78. The van der Waals surface area contributed by atoms with E-state index in [4.69, 9.17) is 11.6 Å². The van der Waals surface area contributed by atoms with E-state index >= 15 is 0 Å². The number of aromatic nitrogens is 2. The van der Waals surface area contributed by atoms with Crippen molar-refractivity contribution in [3.8, 4) is 11.4 Å². The summed E-state index contributed by atoms with van der Waals surface area (Å²) in [6.07, 6.45) is 0. The Kier molecular flexibility index (Phi) is 6.04. The Balaban J connectivity index is 2.05. The molecule has 27 heavy (non-hydrogen) atoms. The number of carbonyl (C=O) groups excluding carboxylic acids is 1. The molecule has 0 atom stereocenters. The average molecular weight is 381 g/mol. The van der Waals surface area contributed by atoms with Crippen molar-refractivity contribution >= 4 is 29.0 Å². The van der Waals surface area contributed by atoms with Crippen LogP contribution in [-0.2, 0) is 0 Å². The summed E-state index contributed by atoms with van der Waals surface area (Å²) in [6.45, 7) is 5.13. The molecule has 2 aromatic carbocycles. The molecule has 0 unspecified atom stereocenters. The first-order valence-corrected chi connectivity index (χ1v) is 9.25. The molecule has 0 saturated heterocycles. The largest absolute Gasteiger partial charge is 0.339 e. The number of anilines is 2. The molecule has 0 aliphatic carbocycles. The maximum Gasteiger partial charge on any atom is 0.272 e. The van der Waals surface area contributed by atoms with Crippen LogP contribution in [0.2, 0.25) is 5.02 Å². The number of nitrogens with one attached hydrogen (secondary N) is 1. The molecule has 0 aliphatic heterocycles. The topological polar surface area (TPSA) is 58.1 Å². The minimum atomic E-state index is -0.123. The fourth-order valence-corrected chi connectivity index (χ4v) is 2.89. The predicted octanol–water partition coefficient (Wildman–Crippen LogP) is 5.02. The van der Waals surface area contributed by atoms with E-state index in [2.05, 4.69) is 15.3 Å². The van der Waals surface area contributed by atoms with Gasteiger partial charge in [-0.1, -0.05) is 54.1 Å². The van der Waals surface area contributed by atoms with Crippen molar-refractivity contribution in [1.82, 2.24) is 14.9 Å². The van der Waals surface area contributed by atoms with Gasteiger partial charge in [-0.3, -0.25) is 4.79 Å². The number of halogens is 1. The minimum Gasteiger partial charge on any atom is -0.339 e. The lowest BCUT2D eigenvalue weighted by molar-refractivity contribution is 0.0767. The molecule has 0 saturated carbocycles. The second kappa shape index (κ2) is 8.64. The van der Waals surface area contributed by atoms with Crippen molar-refractivity contribution < 1.29 is 4.79 Å². The fraction of sp³-hybridized carbons (Fsp3) is 0.190. The SMILES string of the molecule is CCN(CC)C(=O)c1cc(Nc2ccccc2Cl)nc(-c2ccccc2)n1. The zero-order valence-electron chi connectivity index (χ0n) is 15.3. The van der Waals surface area contributed by atoms with E-state index in [0.29, 0.717) is 35.4 Å². The van der Waals surface area contributed by atoms with Gasteiger partial charge in [0.25, 0.3) is 5.91 Å². The smallest absolute Gasteiger partial charge is 0.272 e. The van der Waals surface area contributed by atoms with Crippen molar-refractivity contribution in [3.63, 3.8) is 0 Å². The molecular formula is C21H21ClN4O. The third-order valence-electron chi connectivity index (χ3n) is 4.16. The first-order chi connectivity index (χ1) is 13.1. The second-order valence-electron chi connectivity index (χ2n) is 5.91. The number of nitrogens with zero attached hydrogens (tertiary/aromatic N) is 3. The highest BCUT2D eigenvalue weighted by Crippen LogP contribution is 2.26. The Bertz CT molecular complexity index is 926. The Labute approximate surface area is 164 Å². The molecule has 1 aromatic heterocycles. The van der Waals surface area contributed by atoms with Crippen molar-refractivity contribution in [1.29, 1.82) is 0 Å². The van der Waals surface area contributed by atoms with Gasteiger partial charge in [0.2, 0.25) is 0 Å². The number of hydrogen-bond acceptors (Lipinski definition) is 4. The van der Waals surface area contributed by atoms with E-state index in [9.17, 15) is 4.79 Å². The van der Waals surface area contributed by atoms with Gasteiger partial charge in [-0.15, -0.1) is 0 Å². The summed E-state index contributed by atoms with van der Waals surface area (Å²) in [5.74, 6) is 0.886. The van der Waals surface area contributed by atoms with Gasteiger partial charge in [0.05, 0.1) is 10.7 Å². The molecule has 0 fully saturated rings. The Morgan fingerprint density at radius 1 is 1.00 bits per heavy atom. The highest BCUT2D eigenvalue weighted by molar-refractivity contribution is 6.33. The quantitative estimate of drug-likeness (QED) is 0.652. The molecule has 1 amide bonds. The standard InChI is InChI=1S/C21H21ClN4O/c1-3-26(4-2)21(27)18-14-19(23-17-13-9-8-12-16(17)22)25-20(24-18)15-10-6-5-7-11-15/h5-14H,3-4H2,1-2H3,(H,23,24,25). The molecule has 6 heteroatoms. The lowest BCUT2D eigenvalue weighted by Gasteiger charge is -2.19. The summed E-state index contributed by atoms with van der Waals surface area (Å²) in [5.41, 5.74) is 1.91. The van der Waals surface area contributed by atoms with Crippen LogP contribution >= 0.6 is 11.6 Å². The first kappa shape index (κ1) is 18.9. The van der Waals surface area contributed by atoms with E-state index in [0.717, 1.165) is 11.3 Å². The van der Waals surface area contributed by atoms with Gasteiger partial charge in [0.1, 0.15) is 11.5 Å². The predicted molar refractivity (Wildman–Crippen MR) is 109 cm³/mol. The van der Waals surface area contributed by atoms with Gasteiger partial charge in [-0.05, 0) is 26.0 Å². The highest BCUT2D eigenvalue weighted by Gasteiger charge is 2.17. The highest BCUT2D eigenvalue weighted by atomic mass is 35.5. The molecule has 1 heterocycles. The Morgan fingerprint density at radius 2 is 1.67 bits per heavy atom. The normalized spacial score (nSPS) is 10.5. The summed E-state index contributed by atoms with van der Waals surface area (Å²) in [7, 11) is 0. The van der Waals surface area contributed by atoms with Crippen LogP contribution in [0.4, 0.5) is 11.5 Å². The van der Waals surface area contributed by atoms with Crippen LogP contribution in [0, 0.1) is 0 Å². The van der Waals surface area contributed by atoms with Crippen LogP contribution < -0.4 is 5.32 Å². The third kappa shape index (κ3) is 4.44. The third-order valence-corrected chi connectivity index (χ3v) is 4.49. The Hall–Kier alpha value is -2.92. The molecule has 0 aliphatic rings. The monoisotopic (exact) mass is 380 g/mol. The van der Waals surface area contributed by atoms with Gasteiger partial charge in [0.15, 0.2) is 5.82 Å². The summed E-state index contributed by atoms with van der Waals surface area (Å²) >= 11 is 6.25. The zero-order valence-corrected chi connectivity index (χ0v) is 16.1. The number of amides is 1. The van der Waals surface area contributed by atoms with Crippen LogP contribution in [-0.4, -0.2) is 33.9 Å². The number of hydrogen-bond donors (Lipinski definition) is 1. The van der Waals surface area contributed by atoms with Crippen LogP contribution in [0.15, 0.2) is 60.7 Å². The molecule has 3 aromatic rings. The van der Waals surface area contributed by atoms with E-state index < -0.39 is 0 Å². The van der Waals surface area contributed by atoms with Gasteiger partial charge in [-0.2, -0.15) is 0 Å². The summed E-state index contributed by atoms with van der Waals surface area (Å²) in [6, 6.07) is 18.7. The Morgan fingerprint density at radius 3 is 2.33 bits per heavy atom. The first-order valence-electron chi connectivity index (χ1n) is 8.87. The number of para-hydroxylation sites is 1. The summed E-state index contributed by atoms with van der Waals surface area (Å²) < 4.78 is 0. The van der Waals surface area contributed by atoms with E-state index in [1.54, 1.807) is 17.0 Å². The van der Waals surface area contributed by atoms with Crippen LogP contribution in [0.1, 0.15) is 24.3 Å². The number of benzene rings is 2. The molecule has 0 radical (unpaired) electrons. The van der Waals surface area contributed by atoms with Gasteiger partial charge in [0, 0.05) is 24.7 Å². The maximum atomic E-state index is 12.8. The van der Waals surface area contributed by atoms with Crippen LogP contribution in [0.3, 0.4) is 0 Å². The van der Waals surface area contributed by atoms with Gasteiger partial charge >= 0.3 is 0 Å². The number of rotatable bonds is 6. The van der Waals surface area contributed by atoms with Crippen LogP contribution in [0.25, 0.3) is 11.4 Å². The van der Waals surface area contributed by atoms with Crippen LogP contribution in [0.5, 0.6) is 0 Å².